The molecule has 3 nitrogen and oxygen atoms in total. The molecule has 1 aromatic carbocycles. The topological polar surface area (TPSA) is 34.1 Å². The highest BCUT2D eigenvalue weighted by molar-refractivity contribution is 9.10. The monoisotopic (exact) mass is 326 g/mol. The summed E-state index contributed by atoms with van der Waals surface area (Å²) in [6, 6.07) is 6.16. The van der Waals surface area contributed by atoms with Crippen molar-refractivity contribution < 1.29 is 4.74 Å². The lowest BCUT2D eigenvalue weighted by molar-refractivity contribution is 0.307. The number of hydrogen-bond donors (Lipinski definition) is 1. The van der Waals surface area contributed by atoms with E-state index < -0.39 is 0 Å². The van der Waals surface area contributed by atoms with Gasteiger partial charge in [0, 0.05) is 12.7 Å². The molecule has 0 saturated carbocycles. The maximum atomic E-state index is 5.74. The fraction of sp³-hybridized carbons (Fsp3) is 0.308. The van der Waals surface area contributed by atoms with E-state index in [0.29, 0.717) is 6.61 Å². The lowest BCUT2D eigenvalue weighted by atomic mass is 10.2. The van der Waals surface area contributed by atoms with Gasteiger partial charge in [-0.05, 0) is 40.2 Å². The number of rotatable bonds is 6. The summed E-state index contributed by atoms with van der Waals surface area (Å²) in [6.45, 7) is 4.52. The molecule has 0 aliphatic heterocycles. The molecule has 1 N–H and O–H groups in total. The molecule has 5 heteroatoms. The van der Waals surface area contributed by atoms with Crippen LogP contribution in [0.2, 0.25) is 0 Å². The molecule has 0 unspecified atom stereocenters. The number of aromatic nitrogens is 1. The molecule has 0 amide bonds. The third-order valence-corrected chi connectivity index (χ3v) is 3.80. The van der Waals surface area contributed by atoms with E-state index in [2.05, 4.69) is 45.3 Å². The Bertz CT molecular complexity index is 488. The fourth-order valence-electron chi connectivity index (χ4n) is 1.50. The Hall–Kier alpha value is -0.910. The van der Waals surface area contributed by atoms with Crippen molar-refractivity contribution in [2.24, 2.45) is 0 Å². The van der Waals surface area contributed by atoms with Crippen molar-refractivity contribution in [3.8, 4) is 5.75 Å². The fourth-order valence-corrected chi connectivity index (χ4v) is 2.55. The molecule has 0 spiro atoms. The molecule has 1 aromatic heterocycles. The van der Waals surface area contributed by atoms with Gasteiger partial charge in [0.2, 0.25) is 0 Å². The number of thiazole rings is 1. The minimum Gasteiger partial charge on any atom is -0.487 e. The van der Waals surface area contributed by atoms with Gasteiger partial charge in [-0.25, -0.2) is 0 Å². The first-order chi connectivity index (χ1) is 8.79. The quantitative estimate of drug-likeness (QED) is 0.880. The van der Waals surface area contributed by atoms with Gasteiger partial charge < -0.3 is 10.1 Å². The normalized spacial score (nSPS) is 10.6. The van der Waals surface area contributed by atoms with Gasteiger partial charge in [0.25, 0.3) is 0 Å². The second-order valence-corrected chi connectivity index (χ2v) is 5.63. The molecule has 0 aliphatic rings. The maximum absolute atomic E-state index is 5.74. The first-order valence-electron chi connectivity index (χ1n) is 5.79. The number of nitrogens with one attached hydrogen (secondary N) is 1. The summed E-state index contributed by atoms with van der Waals surface area (Å²) in [5.74, 6) is 0.864. The van der Waals surface area contributed by atoms with Gasteiger partial charge in [0.1, 0.15) is 12.4 Å². The first kappa shape index (κ1) is 13.5. The van der Waals surface area contributed by atoms with Gasteiger partial charge in [-0.15, -0.1) is 11.3 Å². The van der Waals surface area contributed by atoms with Crippen molar-refractivity contribution in [1.82, 2.24) is 10.3 Å². The van der Waals surface area contributed by atoms with Gasteiger partial charge in [-0.3, -0.25) is 4.98 Å². The van der Waals surface area contributed by atoms with Crippen LogP contribution in [0.25, 0.3) is 0 Å². The Kier molecular flexibility index (Phi) is 5.16. The predicted octanol–water partition coefficient (Wildman–Crippen LogP) is 3.59. The maximum Gasteiger partial charge on any atom is 0.134 e. The third-order valence-electron chi connectivity index (χ3n) is 2.43. The van der Waals surface area contributed by atoms with Crippen LogP contribution >= 0.6 is 27.3 Å². The van der Waals surface area contributed by atoms with Crippen LogP contribution in [0.15, 0.2) is 34.4 Å². The molecule has 0 atom stereocenters. The van der Waals surface area contributed by atoms with E-state index in [1.54, 1.807) is 11.3 Å². The highest BCUT2D eigenvalue weighted by Crippen LogP contribution is 2.27. The standard InChI is InChI=1S/C13H15BrN2OS/c1-2-15-6-10-3-4-13(12(14)5-10)17-8-11-7-16-9-18-11/h3-5,7,9,15H,2,6,8H2,1H3. The van der Waals surface area contributed by atoms with Gasteiger partial charge in [0.15, 0.2) is 0 Å². The molecule has 1 heterocycles. The van der Waals surface area contributed by atoms with Crippen LogP contribution in [0, 0.1) is 0 Å². The van der Waals surface area contributed by atoms with Crippen molar-refractivity contribution in [2.75, 3.05) is 6.54 Å². The van der Waals surface area contributed by atoms with E-state index in [1.165, 1.54) is 5.56 Å². The number of benzene rings is 1. The van der Waals surface area contributed by atoms with E-state index in [1.807, 2.05) is 17.8 Å². The highest BCUT2D eigenvalue weighted by Gasteiger charge is 2.04. The zero-order valence-corrected chi connectivity index (χ0v) is 12.6. The summed E-state index contributed by atoms with van der Waals surface area (Å²) >= 11 is 5.14. The molecule has 2 aromatic rings. The Morgan fingerprint density at radius 2 is 2.33 bits per heavy atom. The Labute approximate surface area is 119 Å². The molecule has 0 radical (unpaired) electrons. The zero-order chi connectivity index (χ0) is 12.8. The molecule has 0 aliphatic carbocycles. The number of hydrogen-bond acceptors (Lipinski definition) is 4. The smallest absolute Gasteiger partial charge is 0.134 e. The van der Waals surface area contributed by atoms with Crippen LogP contribution in [0.4, 0.5) is 0 Å². The Balaban J connectivity index is 1.96. The van der Waals surface area contributed by atoms with Gasteiger partial charge in [0.05, 0.1) is 14.9 Å². The zero-order valence-electron chi connectivity index (χ0n) is 10.1. The largest absolute Gasteiger partial charge is 0.487 e. The van der Waals surface area contributed by atoms with Crippen LogP contribution < -0.4 is 10.1 Å². The van der Waals surface area contributed by atoms with E-state index in [4.69, 9.17) is 4.74 Å². The molecule has 0 bridgehead atoms. The molecular weight excluding hydrogens is 312 g/mol. The summed E-state index contributed by atoms with van der Waals surface area (Å²) in [5, 5.41) is 3.30. The molecule has 96 valence electrons. The second-order valence-electron chi connectivity index (χ2n) is 3.80. The van der Waals surface area contributed by atoms with Crippen molar-refractivity contribution >= 4 is 27.3 Å². The number of halogens is 1. The minimum absolute atomic E-state index is 0.565. The first-order valence-corrected chi connectivity index (χ1v) is 7.46. The van der Waals surface area contributed by atoms with Gasteiger partial charge >= 0.3 is 0 Å². The van der Waals surface area contributed by atoms with Gasteiger partial charge in [-0.2, -0.15) is 0 Å². The predicted molar refractivity (Wildman–Crippen MR) is 78.0 cm³/mol. The summed E-state index contributed by atoms with van der Waals surface area (Å²) in [7, 11) is 0. The van der Waals surface area contributed by atoms with E-state index >= 15 is 0 Å². The summed E-state index contributed by atoms with van der Waals surface area (Å²) in [6.07, 6.45) is 1.83. The summed E-state index contributed by atoms with van der Waals surface area (Å²) in [5.41, 5.74) is 3.06. The number of ether oxygens (including phenoxy) is 1. The van der Waals surface area contributed by atoms with E-state index in [-0.39, 0.29) is 0 Å². The lowest BCUT2D eigenvalue weighted by Gasteiger charge is -2.09. The van der Waals surface area contributed by atoms with Gasteiger partial charge in [-0.1, -0.05) is 13.0 Å². The highest BCUT2D eigenvalue weighted by atomic mass is 79.9. The average Bonchev–Trinajstić information content (AvgIpc) is 2.88. The van der Waals surface area contributed by atoms with Crippen LogP contribution in [-0.4, -0.2) is 11.5 Å². The Morgan fingerprint density at radius 3 is 3.00 bits per heavy atom. The SMILES string of the molecule is CCNCc1ccc(OCc2cncs2)c(Br)c1. The molecule has 2 rings (SSSR count). The van der Waals surface area contributed by atoms with Crippen molar-refractivity contribution in [3.63, 3.8) is 0 Å². The van der Waals surface area contributed by atoms with Crippen LogP contribution in [0.1, 0.15) is 17.4 Å². The van der Waals surface area contributed by atoms with Crippen molar-refractivity contribution in [3.05, 3.63) is 44.8 Å². The Morgan fingerprint density at radius 1 is 1.44 bits per heavy atom. The lowest BCUT2D eigenvalue weighted by Crippen LogP contribution is -2.11. The van der Waals surface area contributed by atoms with Crippen LogP contribution in [0.3, 0.4) is 0 Å². The molecule has 0 saturated heterocycles. The van der Waals surface area contributed by atoms with Crippen LogP contribution in [-0.2, 0) is 13.2 Å². The molecular formula is C13H15BrN2OS. The minimum atomic E-state index is 0.565. The molecule has 0 fully saturated rings. The summed E-state index contributed by atoms with van der Waals surface area (Å²) < 4.78 is 6.73. The van der Waals surface area contributed by atoms with E-state index in [0.717, 1.165) is 28.2 Å². The number of nitrogens with zero attached hydrogens (tertiary/aromatic N) is 1. The van der Waals surface area contributed by atoms with Crippen LogP contribution in [0.5, 0.6) is 5.75 Å². The van der Waals surface area contributed by atoms with Crippen molar-refractivity contribution in [1.29, 1.82) is 0 Å². The van der Waals surface area contributed by atoms with Crippen molar-refractivity contribution in [2.45, 2.75) is 20.1 Å². The molecule has 18 heavy (non-hydrogen) atoms. The second kappa shape index (κ2) is 6.87. The third kappa shape index (κ3) is 3.80. The average molecular weight is 327 g/mol. The summed E-state index contributed by atoms with van der Waals surface area (Å²) in [4.78, 5) is 5.15. The van der Waals surface area contributed by atoms with E-state index in [9.17, 15) is 0 Å².